The summed E-state index contributed by atoms with van der Waals surface area (Å²) in [6, 6.07) is 9.54. The van der Waals surface area contributed by atoms with E-state index in [2.05, 4.69) is 4.98 Å². The normalized spacial score (nSPS) is 16.1. The summed E-state index contributed by atoms with van der Waals surface area (Å²) in [5.74, 6) is 0. The number of sulfonamides is 1. The molecule has 0 spiro atoms. The lowest BCUT2D eigenvalue weighted by Gasteiger charge is -2.31. The number of likely N-dealkylation sites (N-methyl/N-ethyl adjacent to an activating group) is 1. The zero-order valence-electron chi connectivity index (χ0n) is 15.9. The lowest BCUT2D eigenvalue weighted by Crippen LogP contribution is -2.47. The van der Waals surface area contributed by atoms with Gasteiger partial charge in [0.15, 0.2) is 0 Å². The average Bonchev–Trinajstić information content (AvgIpc) is 2.68. The van der Waals surface area contributed by atoms with Crippen LogP contribution in [0.4, 0.5) is 11.4 Å². The topological polar surface area (TPSA) is 99.9 Å². The van der Waals surface area contributed by atoms with Gasteiger partial charge in [-0.1, -0.05) is 6.07 Å². The van der Waals surface area contributed by atoms with Crippen molar-refractivity contribution in [2.45, 2.75) is 11.4 Å². The number of rotatable bonds is 6. The van der Waals surface area contributed by atoms with Crippen LogP contribution < -0.4 is 4.90 Å². The van der Waals surface area contributed by atoms with Gasteiger partial charge in [-0.05, 0) is 31.3 Å². The second-order valence-electron chi connectivity index (χ2n) is 6.79. The number of hydrogen-bond donors (Lipinski definition) is 0. The van der Waals surface area contributed by atoms with Gasteiger partial charge < -0.3 is 9.80 Å². The molecule has 1 saturated heterocycles. The number of nitro groups is 1. The predicted molar refractivity (Wildman–Crippen MR) is 106 cm³/mol. The molecular formula is C18H23N5O4S. The fourth-order valence-corrected chi connectivity index (χ4v) is 4.57. The second kappa shape index (κ2) is 8.21. The molecule has 0 amide bonds. The highest BCUT2D eigenvalue weighted by molar-refractivity contribution is 7.89. The van der Waals surface area contributed by atoms with E-state index in [1.54, 1.807) is 24.2 Å². The number of piperazine rings is 1. The smallest absolute Gasteiger partial charge is 0.293 e. The molecule has 0 saturated carbocycles. The lowest BCUT2D eigenvalue weighted by molar-refractivity contribution is -0.384. The zero-order valence-corrected chi connectivity index (χ0v) is 16.7. The van der Waals surface area contributed by atoms with Crippen LogP contribution in [0.5, 0.6) is 0 Å². The minimum Gasteiger partial charge on any atom is -0.363 e. The molecule has 10 heteroatoms. The van der Waals surface area contributed by atoms with Crippen LogP contribution in [-0.4, -0.2) is 67.8 Å². The zero-order chi connectivity index (χ0) is 20.3. The number of aromatic nitrogens is 1. The van der Waals surface area contributed by atoms with Crippen LogP contribution in [0, 0.1) is 10.1 Å². The van der Waals surface area contributed by atoms with Crippen LogP contribution in [-0.2, 0) is 16.6 Å². The summed E-state index contributed by atoms with van der Waals surface area (Å²) >= 11 is 0. The van der Waals surface area contributed by atoms with Crippen LogP contribution in [0.3, 0.4) is 0 Å². The van der Waals surface area contributed by atoms with Gasteiger partial charge in [0.2, 0.25) is 10.0 Å². The van der Waals surface area contributed by atoms with Crippen LogP contribution in [0.15, 0.2) is 47.5 Å². The molecule has 0 aliphatic carbocycles. The minimum atomic E-state index is -3.77. The highest BCUT2D eigenvalue weighted by atomic mass is 32.2. The number of anilines is 1. The first-order chi connectivity index (χ1) is 13.3. The summed E-state index contributed by atoms with van der Waals surface area (Å²) in [5.41, 5.74) is 0.857. The van der Waals surface area contributed by atoms with Gasteiger partial charge in [-0.3, -0.25) is 15.1 Å². The number of pyridine rings is 1. The molecule has 1 aliphatic heterocycles. The van der Waals surface area contributed by atoms with Gasteiger partial charge in [-0.15, -0.1) is 0 Å². The molecule has 1 aromatic heterocycles. The first-order valence-corrected chi connectivity index (χ1v) is 10.3. The molecule has 0 unspecified atom stereocenters. The Balaban J connectivity index is 1.89. The summed E-state index contributed by atoms with van der Waals surface area (Å²) < 4.78 is 27.2. The van der Waals surface area contributed by atoms with Crippen molar-refractivity contribution in [3.8, 4) is 0 Å². The molecule has 1 aliphatic rings. The number of nitro benzene ring substituents is 1. The summed E-state index contributed by atoms with van der Waals surface area (Å²) in [7, 11) is -0.126. The number of nitrogens with zero attached hydrogens (tertiary/aromatic N) is 5. The maximum absolute atomic E-state index is 12.9. The average molecular weight is 405 g/mol. The van der Waals surface area contributed by atoms with Crippen LogP contribution in [0.25, 0.3) is 0 Å². The number of benzene rings is 1. The predicted octanol–water partition coefficient (Wildman–Crippen LogP) is 1.56. The highest BCUT2D eigenvalue weighted by Gasteiger charge is 2.30. The molecule has 0 bridgehead atoms. The molecule has 0 radical (unpaired) electrons. The van der Waals surface area contributed by atoms with Gasteiger partial charge in [0.05, 0.1) is 22.1 Å². The Hall–Kier alpha value is -2.56. The maximum Gasteiger partial charge on any atom is 0.293 e. The van der Waals surface area contributed by atoms with E-state index in [-0.39, 0.29) is 10.6 Å². The molecule has 0 N–H and O–H groups in total. The monoisotopic (exact) mass is 405 g/mol. The molecule has 28 heavy (non-hydrogen) atoms. The van der Waals surface area contributed by atoms with Crippen molar-refractivity contribution in [3.05, 3.63) is 58.4 Å². The first kappa shape index (κ1) is 20.2. The van der Waals surface area contributed by atoms with Gasteiger partial charge in [-0.25, -0.2) is 8.42 Å². The van der Waals surface area contributed by atoms with Crippen LogP contribution in [0.1, 0.15) is 5.69 Å². The Kier molecular flexibility index (Phi) is 5.92. The third-order valence-corrected chi connectivity index (χ3v) is 6.67. The van der Waals surface area contributed by atoms with E-state index in [0.717, 1.165) is 11.8 Å². The van der Waals surface area contributed by atoms with Crippen LogP contribution >= 0.6 is 0 Å². The molecule has 9 nitrogen and oxygen atoms in total. The molecule has 1 aromatic carbocycles. The van der Waals surface area contributed by atoms with Crippen LogP contribution in [0.2, 0.25) is 0 Å². The lowest BCUT2D eigenvalue weighted by atomic mass is 10.2. The van der Waals surface area contributed by atoms with Gasteiger partial charge in [0, 0.05) is 45.5 Å². The SMILES string of the molecule is CN1CCN(S(=O)(=O)c2ccc(N(C)Cc3ccccn3)c([N+](=O)[O-])c2)CC1. The highest BCUT2D eigenvalue weighted by Crippen LogP contribution is 2.32. The van der Waals surface area contributed by atoms with Gasteiger partial charge in [0.1, 0.15) is 5.69 Å². The molecule has 2 heterocycles. The van der Waals surface area contributed by atoms with E-state index in [1.807, 2.05) is 24.1 Å². The minimum absolute atomic E-state index is 0.0567. The molecular weight excluding hydrogens is 382 g/mol. The van der Waals surface area contributed by atoms with Gasteiger partial charge in [0.25, 0.3) is 5.69 Å². The van der Waals surface area contributed by atoms with E-state index >= 15 is 0 Å². The van der Waals surface area contributed by atoms with Crippen molar-refractivity contribution in [2.24, 2.45) is 0 Å². The number of hydrogen-bond acceptors (Lipinski definition) is 7. The van der Waals surface area contributed by atoms with E-state index in [4.69, 9.17) is 0 Å². The summed E-state index contributed by atoms with van der Waals surface area (Å²) in [6.07, 6.45) is 1.66. The summed E-state index contributed by atoms with van der Waals surface area (Å²) in [4.78, 5) is 19.0. The Morgan fingerprint density at radius 2 is 1.89 bits per heavy atom. The van der Waals surface area contributed by atoms with Crippen molar-refractivity contribution < 1.29 is 13.3 Å². The largest absolute Gasteiger partial charge is 0.363 e. The van der Waals surface area contributed by atoms with E-state index in [9.17, 15) is 18.5 Å². The third kappa shape index (κ3) is 4.29. The van der Waals surface area contributed by atoms with E-state index in [1.165, 1.54) is 16.4 Å². The molecule has 2 aromatic rings. The fourth-order valence-electron chi connectivity index (χ4n) is 3.13. The molecule has 150 valence electrons. The van der Waals surface area contributed by atoms with Crippen molar-refractivity contribution in [2.75, 3.05) is 45.2 Å². The maximum atomic E-state index is 12.9. The van der Waals surface area contributed by atoms with E-state index in [0.29, 0.717) is 38.4 Å². The Morgan fingerprint density at radius 3 is 2.50 bits per heavy atom. The third-order valence-electron chi connectivity index (χ3n) is 4.78. The van der Waals surface area contributed by atoms with Gasteiger partial charge in [-0.2, -0.15) is 4.31 Å². The standard InChI is InChI=1S/C18H23N5O4S/c1-20-9-11-22(12-10-20)28(26,27)16-6-7-17(18(13-16)23(24)25)21(2)14-15-5-3-4-8-19-15/h3-8,13H,9-12,14H2,1-2H3. The van der Waals surface area contributed by atoms with Crippen molar-refractivity contribution >= 4 is 21.4 Å². The Bertz CT molecular complexity index is 944. The fraction of sp³-hybridized carbons (Fsp3) is 0.389. The summed E-state index contributed by atoms with van der Waals surface area (Å²) in [5, 5.41) is 11.6. The summed E-state index contributed by atoms with van der Waals surface area (Å²) in [6.45, 7) is 2.37. The van der Waals surface area contributed by atoms with Crippen molar-refractivity contribution in [1.29, 1.82) is 0 Å². The van der Waals surface area contributed by atoms with Gasteiger partial charge >= 0.3 is 0 Å². The van der Waals surface area contributed by atoms with Crippen molar-refractivity contribution in [3.63, 3.8) is 0 Å². The molecule has 1 fully saturated rings. The molecule has 0 atom stereocenters. The molecule has 3 rings (SSSR count). The Labute approximate surface area is 164 Å². The second-order valence-corrected chi connectivity index (χ2v) is 8.73. The quantitative estimate of drug-likeness (QED) is 0.531. The van der Waals surface area contributed by atoms with Crippen molar-refractivity contribution in [1.82, 2.24) is 14.2 Å². The van der Waals surface area contributed by atoms with E-state index < -0.39 is 14.9 Å². The Morgan fingerprint density at radius 1 is 1.18 bits per heavy atom. The first-order valence-electron chi connectivity index (χ1n) is 8.87.